The van der Waals surface area contributed by atoms with Crippen molar-refractivity contribution in [3.05, 3.63) is 75.5 Å². The molecule has 2 atom stereocenters. The van der Waals surface area contributed by atoms with Gasteiger partial charge in [-0.2, -0.15) is 5.26 Å². The summed E-state index contributed by atoms with van der Waals surface area (Å²) in [4.78, 5) is 29.9. The molecule has 172 valence electrons. The number of benzene rings is 1. The predicted octanol–water partition coefficient (Wildman–Crippen LogP) is 1.06. The number of aryl methyl sites for hydroxylation is 1. The Morgan fingerprint density at radius 2 is 2.03 bits per heavy atom. The van der Waals surface area contributed by atoms with E-state index in [0.29, 0.717) is 17.0 Å². The Morgan fingerprint density at radius 3 is 2.68 bits per heavy atom. The second-order valence-electron chi connectivity index (χ2n) is 7.52. The number of rotatable bonds is 6. The zero-order valence-electron chi connectivity index (χ0n) is 18.4. The van der Waals surface area contributed by atoms with E-state index in [4.69, 9.17) is 0 Å². The lowest BCUT2D eigenvalue weighted by Crippen LogP contribution is -2.30. The minimum Gasteiger partial charge on any atom is -0.501 e. The third kappa shape index (κ3) is 3.88. The molecule has 0 saturated heterocycles. The summed E-state index contributed by atoms with van der Waals surface area (Å²) in [7, 11) is 3.09. The Bertz CT molecular complexity index is 1450. The van der Waals surface area contributed by atoms with Crippen LogP contribution in [0.3, 0.4) is 0 Å². The van der Waals surface area contributed by atoms with Crippen molar-refractivity contribution in [2.24, 2.45) is 14.1 Å². The highest BCUT2D eigenvalue weighted by Crippen LogP contribution is 2.37. The van der Waals surface area contributed by atoms with Crippen molar-refractivity contribution in [1.82, 2.24) is 34.9 Å². The molecule has 4 aromatic rings. The van der Waals surface area contributed by atoms with Gasteiger partial charge in [0.2, 0.25) is 5.75 Å². The van der Waals surface area contributed by atoms with Gasteiger partial charge in [0.25, 0.3) is 11.5 Å². The van der Waals surface area contributed by atoms with Crippen molar-refractivity contribution in [2.45, 2.75) is 18.8 Å². The molecule has 0 fully saturated rings. The number of hydrogen-bond donors (Lipinski definition) is 2. The SMILES string of the molecule is CC(c1nc(C(=O)Nc2cnoc2)c(O)c(=O)n1C)C(c1ccccc1C#N)c1nnnn1C. The highest BCUT2D eigenvalue weighted by molar-refractivity contribution is 6.04. The number of anilines is 1. The van der Waals surface area contributed by atoms with Crippen LogP contribution in [0.25, 0.3) is 0 Å². The number of aromatic nitrogens is 7. The summed E-state index contributed by atoms with van der Waals surface area (Å²) in [6.45, 7) is 1.77. The largest absolute Gasteiger partial charge is 0.501 e. The van der Waals surface area contributed by atoms with Gasteiger partial charge in [-0.25, -0.2) is 9.67 Å². The zero-order valence-corrected chi connectivity index (χ0v) is 18.4. The Morgan fingerprint density at radius 1 is 1.26 bits per heavy atom. The predicted molar refractivity (Wildman–Crippen MR) is 116 cm³/mol. The molecule has 13 heteroatoms. The number of aromatic hydroxyl groups is 1. The molecule has 34 heavy (non-hydrogen) atoms. The summed E-state index contributed by atoms with van der Waals surface area (Å²) in [5.74, 6) is -2.22. The van der Waals surface area contributed by atoms with Gasteiger partial charge >= 0.3 is 0 Å². The lowest BCUT2D eigenvalue weighted by atomic mass is 9.83. The van der Waals surface area contributed by atoms with Gasteiger partial charge in [-0.3, -0.25) is 14.2 Å². The highest BCUT2D eigenvalue weighted by atomic mass is 16.5. The number of carbonyl (C=O) groups is 1. The van der Waals surface area contributed by atoms with E-state index >= 15 is 0 Å². The molecule has 2 unspecified atom stereocenters. The van der Waals surface area contributed by atoms with Gasteiger partial charge in [0.15, 0.2) is 11.5 Å². The van der Waals surface area contributed by atoms with E-state index in [1.54, 1.807) is 38.2 Å². The third-order valence-corrected chi connectivity index (χ3v) is 5.46. The highest BCUT2D eigenvalue weighted by Gasteiger charge is 2.33. The van der Waals surface area contributed by atoms with Crippen LogP contribution in [0.2, 0.25) is 0 Å². The molecule has 13 nitrogen and oxygen atoms in total. The molecule has 0 bridgehead atoms. The summed E-state index contributed by atoms with van der Waals surface area (Å²) >= 11 is 0. The van der Waals surface area contributed by atoms with Gasteiger partial charge < -0.3 is 14.9 Å². The Hall–Kier alpha value is -4.86. The number of nitrogens with one attached hydrogen (secondary N) is 1. The average Bonchev–Trinajstić information content (AvgIpc) is 3.50. The lowest BCUT2D eigenvalue weighted by Gasteiger charge is -2.25. The summed E-state index contributed by atoms with van der Waals surface area (Å²) in [5, 5.41) is 37.7. The van der Waals surface area contributed by atoms with E-state index in [1.165, 1.54) is 24.2 Å². The van der Waals surface area contributed by atoms with E-state index in [2.05, 4.69) is 41.6 Å². The molecule has 3 heterocycles. The van der Waals surface area contributed by atoms with Crippen LogP contribution in [-0.4, -0.2) is 45.9 Å². The Balaban J connectivity index is 1.87. The first-order valence-corrected chi connectivity index (χ1v) is 10.0. The van der Waals surface area contributed by atoms with Crippen molar-refractivity contribution in [2.75, 3.05) is 5.32 Å². The monoisotopic (exact) mass is 461 g/mol. The molecule has 0 spiro atoms. The molecule has 0 radical (unpaired) electrons. The molecular weight excluding hydrogens is 442 g/mol. The molecule has 0 saturated carbocycles. The quantitative estimate of drug-likeness (QED) is 0.422. The number of tetrazole rings is 1. The molecule has 2 N–H and O–H groups in total. The molecular formula is C21H19N9O4. The van der Waals surface area contributed by atoms with Crippen LogP contribution in [0.1, 0.15) is 52.0 Å². The van der Waals surface area contributed by atoms with Gasteiger partial charge in [-0.05, 0) is 22.1 Å². The van der Waals surface area contributed by atoms with E-state index in [0.717, 1.165) is 4.57 Å². The van der Waals surface area contributed by atoms with Crippen LogP contribution in [0.15, 0.2) is 46.0 Å². The summed E-state index contributed by atoms with van der Waals surface area (Å²) in [5.41, 5.74) is -0.0255. The van der Waals surface area contributed by atoms with Crippen LogP contribution in [0.5, 0.6) is 5.75 Å². The minimum absolute atomic E-state index is 0.180. The first kappa shape index (κ1) is 22.3. The number of carbonyl (C=O) groups excluding carboxylic acids is 1. The Kier molecular flexibility index (Phi) is 5.88. The fourth-order valence-corrected chi connectivity index (χ4v) is 3.78. The van der Waals surface area contributed by atoms with Crippen LogP contribution >= 0.6 is 0 Å². The van der Waals surface area contributed by atoms with Gasteiger partial charge in [-0.1, -0.05) is 30.3 Å². The van der Waals surface area contributed by atoms with Gasteiger partial charge in [0.1, 0.15) is 17.8 Å². The molecule has 0 aliphatic heterocycles. The standard InChI is InChI=1S/C21H19N9O4/c1-11(15(19-26-27-28-30(19)3)14-7-5-4-6-12(14)8-22)18-25-16(17(31)21(33)29(18)2)20(32)24-13-9-23-34-10-13/h4-7,9-11,15,31H,1-3H3,(H,24,32). The van der Waals surface area contributed by atoms with Crippen molar-refractivity contribution >= 4 is 11.6 Å². The Labute approximate surface area is 192 Å². The lowest BCUT2D eigenvalue weighted by molar-refractivity contribution is 0.101. The van der Waals surface area contributed by atoms with E-state index < -0.39 is 34.7 Å². The van der Waals surface area contributed by atoms with Gasteiger partial charge in [0, 0.05) is 20.0 Å². The fraction of sp³-hybridized carbons (Fsp3) is 0.238. The van der Waals surface area contributed by atoms with Crippen LogP contribution in [0, 0.1) is 11.3 Å². The maximum Gasteiger partial charge on any atom is 0.296 e. The maximum atomic E-state index is 12.8. The van der Waals surface area contributed by atoms with Crippen LogP contribution in [0.4, 0.5) is 5.69 Å². The molecule has 4 rings (SSSR count). The zero-order chi connectivity index (χ0) is 24.4. The minimum atomic E-state index is -0.818. The number of hydrogen-bond acceptors (Lipinski definition) is 10. The second-order valence-corrected chi connectivity index (χ2v) is 7.52. The maximum absolute atomic E-state index is 12.8. The molecule has 1 aromatic carbocycles. The first-order chi connectivity index (χ1) is 16.3. The van der Waals surface area contributed by atoms with E-state index in [1.807, 2.05) is 0 Å². The number of nitrogens with zero attached hydrogens (tertiary/aromatic N) is 8. The summed E-state index contributed by atoms with van der Waals surface area (Å²) in [6.07, 6.45) is 2.45. The molecule has 0 aliphatic carbocycles. The molecule has 3 aromatic heterocycles. The molecule has 1 amide bonds. The number of amides is 1. The third-order valence-electron chi connectivity index (χ3n) is 5.46. The number of nitriles is 1. The van der Waals surface area contributed by atoms with Gasteiger partial charge in [0.05, 0.1) is 23.7 Å². The second kappa shape index (κ2) is 8.94. The normalized spacial score (nSPS) is 12.6. The van der Waals surface area contributed by atoms with E-state index in [-0.39, 0.29) is 11.5 Å². The average molecular weight is 461 g/mol. The summed E-state index contributed by atoms with van der Waals surface area (Å²) in [6, 6.07) is 9.12. The van der Waals surface area contributed by atoms with E-state index in [9.17, 15) is 20.0 Å². The van der Waals surface area contributed by atoms with Crippen molar-refractivity contribution in [3.8, 4) is 11.8 Å². The first-order valence-electron chi connectivity index (χ1n) is 10.0. The molecule has 0 aliphatic rings. The topological polar surface area (TPSA) is 178 Å². The van der Waals surface area contributed by atoms with Crippen molar-refractivity contribution in [3.63, 3.8) is 0 Å². The fourth-order valence-electron chi connectivity index (χ4n) is 3.78. The van der Waals surface area contributed by atoms with Crippen LogP contribution in [-0.2, 0) is 14.1 Å². The van der Waals surface area contributed by atoms with Crippen molar-refractivity contribution in [1.29, 1.82) is 5.26 Å². The van der Waals surface area contributed by atoms with Crippen LogP contribution < -0.4 is 10.9 Å². The summed E-state index contributed by atoms with van der Waals surface area (Å²) < 4.78 is 7.30. The van der Waals surface area contributed by atoms with Gasteiger partial charge in [-0.15, -0.1) is 5.10 Å². The van der Waals surface area contributed by atoms with Crippen molar-refractivity contribution < 1.29 is 14.4 Å². The smallest absolute Gasteiger partial charge is 0.296 e.